The van der Waals surface area contributed by atoms with E-state index in [1.807, 2.05) is 0 Å². The van der Waals surface area contributed by atoms with Crippen LogP contribution in [0.1, 0.15) is 11.1 Å². The number of nitrogens with zero attached hydrogens (tertiary/aromatic N) is 1. The van der Waals surface area contributed by atoms with Gasteiger partial charge in [0.15, 0.2) is 11.5 Å². The summed E-state index contributed by atoms with van der Waals surface area (Å²) in [6, 6.07) is 16.5. The molecule has 0 saturated heterocycles. The molecule has 0 fully saturated rings. The average Bonchev–Trinajstić information content (AvgIpc) is 2.74. The smallest absolute Gasteiger partial charge is 0.276 e. The van der Waals surface area contributed by atoms with Crippen molar-refractivity contribution in [2.24, 2.45) is 5.10 Å². The van der Waals surface area contributed by atoms with Crippen molar-refractivity contribution in [3.8, 4) is 11.5 Å². The molecule has 162 valence electrons. The maximum Gasteiger partial charge on any atom is 0.276 e. The second-order valence-electron chi connectivity index (χ2n) is 6.22. The van der Waals surface area contributed by atoms with Gasteiger partial charge in [0.1, 0.15) is 6.61 Å². The van der Waals surface area contributed by atoms with Gasteiger partial charge in [-0.1, -0.05) is 47.5 Å². The summed E-state index contributed by atoms with van der Waals surface area (Å²) < 4.78 is 36.4. The number of hydrogen-bond donors (Lipinski definition) is 1. The van der Waals surface area contributed by atoms with Crippen molar-refractivity contribution in [1.82, 2.24) is 4.83 Å². The summed E-state index contributed by atoms with van der Waals surface area (Å²) in [5.74, 6) is 0.905. The lowest BCUT2D eigenvalue weighted by Crippen LogP contribution is -2.18. The third kappa shape index (κ3) is 6.13. The number of hydrazone groups is 1. The van der Waals surface area contributed by atoms with Crippen LogP contribution in [0.15, 0.2) is 75.1 Å². The largest absolute Gasteiger partial charge is 0.493 e. The Morgan fingerprint density at radius 3 is 2.52 bits per heavy atom. The molecule has 0 saturated carbocycles. The summed E-state index contributed by atoms with van der Waals surface area (Å²) >= 11 is 15.6. The van der Waals surface area contributed by atoms with Crippen LogP contribution < -0.4 is 14.3 Å². The first-order chi connectivity index (χ1) is 14.8. The van der Waals surface area contributed by atoms with Gasteiger partial charge < -0.3 is 9.47 Å². The SMILES string of the molecule is COc1cc(/C=N\NS(=O)(=O)c2ccccc2)cc(Br)c1OCc1ccc(Cl)cc1Cl. The monoisotopic (exact) mass is 542 g/mol. The van der Waals surface area contributed by atoms with E-state index in [0.29, 0.717) is 31.6 Å². The lowest BCUT2D eigenvalue weighted by Gasteiger charge is -2.14. The number of sulfonamides is 1. The van der Waals surface area contributed by atoms with E-state index >= 15 is 0 Å². The molecule has 0 aromatic heterocycles. The van der Waals surface area contributed by atoms with Crippen LogP contribution >= 0.6 is 39.1 Å². The molecule has 0 atom stereocenters. The summed E-state index contributed by atoms with van der Waals surface area (Å²) in [4.78, 5) is 2.30. The Bertz CT molecular complexity index is 1210. The van der Waals surface area contributed by atoms with E-state index in [2.05, 4.69) is 25.9 Å². The molecule has 0 aliphatic heterocycles. The Balaban J connectivity index is 1.75. The number of hydrogen-bond acceptors (Lipinski definition) is 5. The Hall–Kier alpha value is -2.26. The Labute approximate surface area is 199 Å². The van der Waals surface area contributed by atoms with Gasteiger partial charge in [-0.05, 0) is 57.9 Å². The standard InChI is InChI=1S/C21H17BrCl2N2O4S/c1-29-20-10-14(12-25-26-31(27,28)17-5-3-2-4-6-17)9-18(22)21(20)30-13-15-7-8-16(23)11-19(15)24/h2-12,26H,13H2,1H3/b25-12-. The highest BCUT2D eigenvalue weighted by molar-refractivity contribution is 9.10. The second-order valence-corrected chi connectivity index (χ2v) is 9.58. The van der Waals surface area contributed by atoms with Crippen LogP contribution in [0.3, 0.4) is 0 Å². The number of halogens is 3. The van der Waals surface area contributed by atoms with E-state index in [1.165, 1.54) is 25.5 Å². The van der Waals surface area contributed by atoms with Gasteiger partial charge in [0, 0.05) is 15.6 Å². The number of methoxy groups -OCH3 is 1. The van der Waals surface area contributed by atoms with Gasteiger partial charge in [0.2, 0.25) is 0 Å². The molecule has 0 aliphatic rings. The molecular formula is C21H17BrCl2N2O4S. The Morgan fingerprint density at radius 2 is 1.84 bits per heavy atom. The molecule has 0 radical (unpaired) electrons. The summed E-state index contributed by atoms with van der Waals surface area (Å²) in [6.07, 6.45) is 1.37. The van der Waals surface area contributed by atoms with Gasteiger partial charge >= 0.3 is 0 Å². The Kier molecular flexibility index (Phi) is 7.83. The summed E-state index contributed by atoms with van der Waals surface area (Å²) in [7, 11) is -2.25. The fraction of sp³-hybridized carbons (Fsp3) is 0.0952. The average molecular weight is 544 g/mol. The minimum absolute atomic E-state index is 0.121. The van der Waals surface area contributed by atoms with Crippen molar-refractivity contribution in [1.29, 1.82) is 0 Å². The highest BCUT2D eigenvalue weighted by Gasteiger charge is 2.14. The molecule has 0 spiro atoms. The van der Waals surface area contributed by atoms with Crippen molar-refractivity contribution in [3.05, 3.63) is 86.3 Å². The van der Waals surface area contributed by atoms with Crippen molar-refractivity contribution in [2.75, 3.05) is 7.11 Å². The van der Waals surface area contributed by atoms with Gasteiger partial charge in [-0.2, -0.15) is 13.5 Å². The number of nitrogens with one attached hydrogen (secondary N) is 1. The zero-order chi connectivity index (χ0) is 22.4. The molecule has 10 heteroatoms. The van der Waals surface area contributed by atoms with Crippen LogP contribution in [0, 0.1) is 0 Å². The first kappa shape index (κ1) is 23.4. The molecule has 0 heterocycles. The topological polar surface area (TPSA) is 77.0 Å². The van der Waals surface area contributed by atoms with Crippen LogP contribution in [0.5, 0.6) is 11.5 Å². The zero-order valence-electron chi connectivity index (χ0n) is 16.2. The van der Waals surface area contributed by atoms with Gasteiger partial charge in [0.25, 0.3) is 10.0 Å². The number of benzene rings is 3. The molecule has 0 bridgehead atoms. The molecule has 0 aliphatic carbocycles. The summed E-state index contributed by atoms with van der Waals surface area (Å²) in [5, 5.41) is 4.88. The second kappa shape index (κ2) is 10.4. The van der Waals surface area contributed by atoms with Crippen LogP contribution in [0.2, 0.25) is 10.0 Å². The molecule has 0 unspecified atom stereocenters. The van der Waals surface area contributed by atoms with Gasteiger partial charge in [0.05, 0.1) is 22.7 Å². The highest BCUT2D eigenvalue weighted by Crippen LogP contribution is 2.37. The fourth-order valence-corrected chi connectivity index (χ4v) is 4.42. The maximum atomic E-state index is 12.2. The van der Waals surface area contributed by atoms with Gasteiger partial charge in [-0.3, -0.25) is 0 Å². The first-order valence-electron chi connectivity index (χ1n) is 8.84. The maximum absolute atomic E-state index is 12.2. The van der Waals surface area contributed by atoms with Crippen molar-refractivity contribution in [2.45, 2.75) is 11.5 Å². The van der Waals surface area contributed by atoms with Crippen LogP contribution in [-0.4, -0.2) is 21.7 Å². The van der Waals surface area contributed by atoms with Crippen LogP contribution in [0.25, 0.3) is 0 Å². The Morgan fingerprint density at radius 1 is 1.10 bits per heavy atom. The fourth-order valence-electron chi connectivity index (χ4n) is 2.57. The van der Waals surface area contributed by atoms with E-state index in [9.17, 15) is 8.42 Å². The molecule has 0 amide bonds. The van der Waals surface area contributed by atoms with Crippen molar-refractivity contribution in [3.63, 3.8) is 0 Å². The number of ether oxygens (including phenoxy) is 2. The first-order valence-corrected chi connectivity index (χ1v) is 11.9. The van der Waals surface area contributed by atoms with Crippen LogP contribution in [0.4, 0.5) is 0 Å². The normalized spacial score (nSPS) is 11.5. The molecule has 3 rings (SSSR count). The van der Waals surface area contributed by atoms with Crippen LogP contribution in [-0.2, 0) is 16.6 Å². The quantitative estimate of drug-likeness (QED) is 0.294. The summed E-state index contributed by atoms with van der Waals surface area (Å²) in [6.45, 7) is 0.204. The van der Waals surface area contributed by atoms with Crippen molar-refractivity contribution >= 4 is 55.4 Å². The highest BCUT2D eigenvalue weighted by atomic mass is 79.9. The molecule has 6 nitrogen and oxygen atoms in total. The molecule has 3 aromatic rings. The lowest BCUT2D eigenvalue weighted by atomic mass is 10.2. The molecule has 31 heavy (non-hydrogen) atoms. The zero-order valence-corrected chi connectivity index (χ0v) is 20.1. The van der Waals surface area contributed by atoms with E-state index in [-0.39, 0.29) is 11.5 Å². The van der Waals surface area contributed by atoms with Crippen molar-refractivity contribution < 1.29 is 17.9 Å². The number of rotatable bonds is 8. The summed E-state index contributed by atoms with van der Waals surface area (Å²) in [5.41, 5.74) is 1.36. The third-order valence-electron chi connectivity index (χ3n) is 4.08. The van der Waals surface area contributed by atoms with E-state index in [0.717, 1.165) is 5.56 Å². The molecular weight excluding hydrogens is 527 g/mol. The van der Waals surface area contributed by atoms with Gasteiger partial charge in [-0.25, -0.2) is 4.83 Å². The predicted octanol–water partition coefficient (Wildman–Crippen LogP) is 5.66. The molecule has 1 N–H and O–H groups in total. The lowest BCUT2D eigenvalue weighted by molar-refractivity contribution is 0.282. The van der Waals surface area contributed by atoms with Gasteiger partial charge in [-0.15, -0.1) is 0 Å². The van der Waals surface area contributed by atoms with E-state index in [1.54, 1.807) is 48.5 Å². The third-order valence-corrected chi connectivity index (χ3v) is 6.49. The minimum Gasteiger partial charge on any atom is -0.493 e. The van der Waals surface area contributed by atoms with E-state index in [4.69, 9.17) is 32.7 Å². The van der Waals surface area contributed by atoms with E-state index < -0.39 is 10.0 Å². The minimum atomic E-state index is -3.75. The predicted molar refractivity (Wildman–Crippen MR) is 126 cm³/mol. The molecule has 3 aromatic carbocycles.